The second kappa shape index (κ2) is 12.6. The highest BCUT2D eigenvalue weighted by atomic mass is 16.5. The second-order valence-electron chi connectivity index (χ2n) is 9.98. The smallest absolute Gasteiger partial charge is 0.303 e. The van der Waals surface area contributed by atoms with Gasteiger partial charge in [-0.25, -0.2) is 0 Å². The molecule has 1 aromatic heterocycles. The standard InChI is InChI=1S/C32H35NO5/c1-22(2)19-23-10-12-24(13-11-23)30(37-3)21-38-26-16-14-25(15-17-26)32(36)28-20-33(18-6-9-31(34)35)29-8-5-4-7-27(28)29/h4-5,7-8,10-17,20,22,30H,6,9,18-19,21H2,1-3H3,(H,34,35). The summed E-state index contributed by atoms with van der Waals surface area (Å²) in [6, 6.07) is 23.3. The summed E-state index contributed by atoms with van der Waals surface area (Å²) >= 11 is 0. The molecule has 0 aliphatic carbocycles. The van der Waals surface area contributed by atoms with Crippen molar-refractivity contribution in [2.75, 3.05) is 13.7 Å². The van der Waals surface area contributed by atoms with Crippen LogP contribution in [0.15, 0.2) is 79.0 Å². The van der Waals surface area contributed by atoms with E-state index in [9.17, 15) is 9.59 Å². The predicted molar refractivity (Wildman–Crippen MR) is 149 cm³/mol. The molecule has 6 nitrogen and oxygen atoms in total. The number of aryl methyl sites for hydroxylation is 1. The number of para-hydroxylation sites is 1. The van der Waals surface area contributed by atoms with Gasteiger partial charge in [-0.3, -0.25) is 9.59 Å². The number of hydrogen-bond acceptors (Lipinski definition) is 4. The molecule has 38 heavy (non-hydrogen) atoms. The Morgan fingerprint density at radius 3 is 2.32 bits per heavy atom. The summed E-state index contributed by atoms with van der Waals surface area (Å²) in [6.45, 7) is 5.31. The monoisotopic (exact) mass is 513 g/mol. The first-order chi connectivity index (χ1) is 18.4. The molecular formula is C32H35NO5. The number of hydrogen-bond donors (Lipinski definition) is 1. The number of benzene rings is 3. The van der Waals surface area contributed by atoms with E-state index in [2.05, 4.69) is 38.1 Å². The van der Waals surface area contributed by atoms with Crippen LogP contribution < -0.4 is 4.74 Å². The number of aromatic nitrogens is 1. The molecule has 0 aliphatic heterocycles. The van der Waals surface area contributed by atoms with E-state index in [-0.39, 0.29) is 18.3 Å². The molecule has 1 unspecified atom stereocenters. The van der Waals surface area contributed by atoms with E-state index in [4.69, 9.17) is 14.6 Å². The minimum absolute atomic E-state index is 0.0824. The zero-order valence-corrected chi connectivity index (χ0v) is 22.2. The molecule has 0 saturated heterocycles. The van der Waals surface area contributed by atoms with Gasteiger partial charge in [-0.2, -0.15) is 0 Å². The fraction of sp³-hybridized carbons (Fsp3) is 0.312. The Balaban J connectivity index is 1.43. The van der Waals surface area contributed by atoms with E-state index in [1.807, 2.05) is 35.0 Å². The van der Waals surface area contributed by atoms with Crippen LogP contribution in [0.2, 0.25) is 0 Å². The molecule has 4 aromatic rings. The molecule has 0 fully saturated rings. The Labute approximate surface area is 223 Å². The molecule has 4 rings (SSSR count). The van der Waals surface area contributed by atoms with Gasteiger partial charge in [0.05, 0.1) is 0 Å². The maximum Gasteiger partial charge on any atom is 0.303 e. The number of carboxylic acid groups (broad SMARTS) is 1. The summed E-state index contributed by atoms with van der Waals surface area (Å²) in [5, 5.41) is 9.82. The molecule has 0 aliphatic rings. The lowest BCUT2D eigenvalue weighted by molar-refractivity contribution is -0.137. The highest BCUT2D eigenvalue weighted by Crippen LogP contribution is 2.26. The number of ketones is 1. The van der Waals surface area contributed by atoms with Crippen LogP contribution in [0.25, 0.3) is 10.9 Å². The maximum atomic E-state index is 13.4. The van der Waals surface area contributed by atoms with Crippen LogP contribution in [0.1, 0.15) is 59.8 Å². The van der Waals surface area contributed by atoms with Crippen LogP contribution in [-0.4, -0.2) is 35.1 Å². The predicted octanol–water partition coefficient (Wildman–Crippen LogP) is 6.70. The molecule has 0 spiro atoms. The van der Waals surface area contributed by atoms with Crippen LogP contribution in [0, 0.1) is 5.92 Å². The zero-order valence-electron chi connectivity index (χ0n) is 22.2. The number of carboxylic acids is 1. The number of carbonyl (C=O) groups excluding carboxylic acids is 1. The van der Waals surface area contributed by atoms with Crippen molar-refractivity contribution >= 4 is 22.7 Å². The molecule has 0 amide bonds. The summed E-state index contributed by atoms with van der Waals surface area (Å²) in [4.78, 5) is 24.3. The van der Waals surface area contributed by atoms with Gasteiger partial charge in [-0.15, -0.1) is 0 Å². The summed E-state index contributed by atoms with van der Waals surface area (Å²) in [7, 11) is 1.68. The SMILES string of the molecule is COC(COc1ccc(C(=O)c2cn(CCCC(=O)O)c3ccccc23)cc1)c1ccc(CC(C)C)cc1. The summed E-state index contributed by atoms with van der Waals surface area (Å²) in [5.41, 5.74) is 4.46. The van der Waals surface area contributed by atoms with Gasteiger partial charge in [-0.05, 0) is 60.2 Å². The van der Waals surface area contributed by atoms with Crippen molar-refractivity contribution in [3.05, 3.63) is 101 Å². The van der Waals surface area contributed by atoms with Gasteiger partial charge in [0.25, 0.3) is 0 Å². The lowest BCUT2D eigenvalue weighted by Gasteiger charge is -2.17. The van der Waals surface area contributed by atoms with Crippen LogP contribution in [-0.2, 0) is 22.5 Å². The van der Waals surface area contributed by atoms with Gasteiger partial charge in [0.1, 0.15) is 18.5 Å². The number of aliphatic carboxylic acids is 1. The Morgan fingerprint density at radius 2 is 1.66 bits per heavy atom. The lowest BCUT2D eigenvalue weighted by atomic mass is 10.0. The van der Waals surface area contributed by atoms with E-state index < -0.39 is 5.97 Å². The highest BCUT2D eigenvalue weighted by molar-refractivity contribution is 6.16. The van der Waals surface area contributed by atoms with Crippen LogP contribution in [0.5, 0.6) is 5.75 Å². The third-order valence-corrected chi connectivity index (χ3v) is 6.62. The molecule has 1 N–H and O–H groups in total. The lowest BCUT2D eigenvalue weighted by Crippen LogP contribution is -2.12. The van der Waals surface area contributed by atoms with Crippen LogP contribution in [0.3, 0.4) is 0 Å². The van der Waals surface area contributed by atoms with Crippen LogP contribution >= 0.6 is 0 Å². The molecule has 6 heteroatoms. The first-order valence-corrected chi connectivity index (χ1v) is 13.0. The highest BCUT2D eigenvalue weighted by Gasteiger charge is 2.17. The fourth-order valence-electron chi connectivity index (χ4n) is 4.68. The average Bonchev–Trinajstić information content (AvgIpc) is 3.28. The van der Waals surface area contributed by atoms with E-state index >= 15 is 0 Å². The summed E-state index contributed by atoms with van der Waals surface area (Å²) in [5.74, 6) is 0.369. The van der Waals surface area contributed by atoms with E-state index in [1.165, 1.54) is 5.56 Å². The molecular weight excluding hydrogens is 478 g/mol. The molecule has 0 saturated carbocycles. The Kier molecular flexibility index (Phi) is 8.98. The molecule has 1 heterocycles. The van der Waals surface area contributed by atoms with Crippen molar-refractivity contribution < 1.29 is 24.2 Å². The van der Waals surface area contributed by atoms with Crippen molar-refractivity contribution in [1.29, 1.82) is 0 Å². The number of ether oxygens (including phenoxy) is 2. The normalized spacial score (nSPS) is 12.1. The van der Waals surface area contributed by atoms with E-state index in [0.29, 0.717) is 42.4 Å². The topological polar surface area (TPSA) is 77.8 Å². The Hall–Kier alpha value is -3.90. The van der Waals surface area contributed by atoms with E-state index in [0.717, 1.165) is 22.9 Å². The van der Waals surface area contributed by atoms with Crippen molar-refractivity contribution in [1.82, 2.24) is 4.57 Å². The van der Waals surface area contributed by atoms with Crippen molar-refractivity contribution in [2.45, 2.75) is 45.8 Å². The van der Waals surface area contributed by atoms with Crippen molar-refractivity contribution in [2.24, 2.45) is 5.92 Å². The quantitative estimate of drug-likeness (QED) is 0.201. The number of carbonyl (C=O) groups is 2. The van der Waals surface area contributed by atoms with Gasteiger partial charge in [0.15, 0.2) is 5.78 Å². The Bertz CT molecular complexity index is 1370. The maximum absolute atomic E-state index is 13.4. The van der Waals surface area contributed by atoms with Crippen molar-refractivity contribution in [3.63, 3.8) is 0 Å². The number of nitrogens with zero attached hydrogens (tertiary/aromatic N) is 1. The first-order valence-electron chi connectivity index (χ1n) is 13.0. The van der Waals surface area contributed by atoms with Gasteiger partial charge in [0.2, 0.25) is 0 Å². The molecule has 3 aromatic carbocycles. The van der Waals surface area contributed by atoms with Gasteiger partial charge >= 0.3 is 5.97 Å². The molecule has 0 bridgehead atoms. The van der Waals surface area contributed by atoms with Crippen molar-refractivity contribution in [3.8, 4) is 5.75 Å². The molecule has 1 atom stereocenters. The molecule has 0 radical (unpaired) electrons. The first kappa shape index (κ1) is 27.1. The largest absolute Gasteiger partial charge is 0.491 e. The third kappa shape index (κ3) is 6.69. The van der Waals surface area contributed by atoms with Crippen LogP contribution in [0.4, 0.5) is 0 Å². The minimum atomic E-state index is -0.823. The fourth-order valence-corrected chi connectivity index (χ4v) is 4.68. The van der Waals surface area contributed by atoms with Gasteiger partial charge < -0.3 is 19.1 Å². The molecule has 198 valence electrons. The summed E-state index contributed by atoms with van der Waals surface area (Å²) < 4.78 is 13.6. The third-order valence-electron chi connectivity index (χ3n) is 6.62. The number of methoxy groups -OCH3 is 1. The average molecular weight is 514 g/mol. The Morgan fingerprint density at radius 1 is 0.947 bits per heavy atom. The number of fused-ring (bicyclic) bond motifs is 1. The van der Waals surface area contributed by atoms with Gasteiger partial charge in [0, 0.05) is 48.3 Å². The van der Waals surface area contributed by atoms with Gasteiger partial charge in [-0.1, -0.05) is 56.3 Å². The second-order valence-corrected chi connectivity index (χ2v) is 9.98. The number of rotatable bonds is 13. The minimum Gasteiger partial charge on any atom is -0.491 e. The van der Waals surface area contributed by atoms with E-state index in [1.54, 1.807) is 31.4 Å². The zero-order chi connectivity index (χ0) is 27.1. The summed E-state index contributed by atoms with van der Waals surface area (Å²) in [6.07, 6.45) is 3.26.